The maximum atomic E-state index is 13.3. The first kappa shape index (κ1) is 23.5. The van der Waals surface area contributed by atoms with Crippen LogP contribution in [0.15, 0.2) is 65.2 Å². The fourth-order valence-corrected chi connectivity index (χ4v) is 5.75. The predicted molar refractivity (Wildman–Crippen MR) is 132 cm³/mol. The van der Waals surface area contributed by atoms with E-state index in [1.54, 1.807) is 12.1 Å². The van der Waals surface area contributed by atoms with Gasteiger partial charge in [-0.15, -0.1) is 0 Å². The number of halogens is 1. The van der Waals surface area contributed by atoms with E-state index in [0.717, 1.165) is 26.9 Å². The molecule has 3 aliphatic rings. The second-order valence-electron chi connectivity index (χ2n) is 9.37. The van der Waals surface area contributed by atoms with Gasteiger partial charge in [0.1, 0.15) is 6.04 Å². The molecule has 0 radical (unpaired) electrons. The van der Waals surface area contributed by atoms with Crippen molar-refractivity contribution in [1.29, 1.82) is 0 Å². The van der Waals surface area contributed by atoms with Gasteiger partial charge in [-0.2, -0.15) is 0 Å². The van der Waals surface area contributed by atoms with Crippen molar-refractivity contribution in [3.8, 4) is 0 Å². The molecule has 2 aromatic carbocycles. The van der Waals surface area contributed by atoms with E-state index < -0.39 is 36.4 Å². The van der Waals surface area contributed by atoms with Crippen LogP contribution in [-0.4, -0.2) is 41.2 Å². The summed E-state index contributed by atoms with van der Waals surface area (Å²) in [6, 6.07) is 13.4. The van der Waals surface area contributed by atoms with Crippen LogP contribution in [0.1, 0.15) is 17.5 Å². The molecule has 5 atom stereocenters. The van der Waals surface area contributed by atoms with Gasteiger partial charge in [0.05, 0.1) is 11.8 Å². The number of rotatable bonds is 7. The van der Waals surface area contributed by atoms with Crippen molar-refractivity contribution in [3.63, 3.8) is 0 Å². The molecule has 0 spiro atoms. The molecule has 3 amide bonds. The maximum Gasteiger partial charge on any atom is 0.330 e. The first-order valence-corrected chi connectivity index (χ1v) is 12.4. The summed E-state index contributed by atoms with van der Waals surface area (Å²) in [6.45, 7) is 1.38. The van der Waals surface area contributed by atoms with Crippen LogP contribution < -0.4 is 5.32 Å². The molecule has 1 heterocycles. The minimum absolute atomic E-state index is 0.0417. The molecule has 0 aromatic heterocycles. The normalized spacial score (nSPS) is 25.0. The van der Waals surface area contributed by atoms with Gasteiger partial charge in [-0.05, 0) is 54.5 Å². The summed E-state index contributed by atoms with van der Waals surface area (Å²) < 4.78 is 6.26. The second-order valence-corrected chi connectivity index (χ2v) is 10.2. The lowest BCUT2D eigenvalue weighted by Gasteiger charge is -2.26. The molecule has 5 rings (SSSR count). The van der Waals surface area contributed by atoms with E-state index in [1.165, 1.54) is 0 Å². The van der Waals surface area contributed by atoms with Crippen molar-refractivity contribution in [3.05, 3.63) is 76.3 Å². The third-order valence-corrected chi connectivity index (χ3v) is 8.04. The molecule has 1 aliphatic heterocycles. The lowest BCUT2D eigenvalue weighted by Crippen LogP contribution is -2.48. The quantitative estimate of drug-likeness (QED) is 0.331. The standard InChI is InChI=1S/C27H25BrN2O5/c1-15-11-19(9-10-20(15)28)29-22(31)14-35-27(34)21(12-16-5-3-2-4-6-16)30-25(32)23-17-7-8-18(13-17)24(23)26(30)33/h2-11,17-18,21,23-24H,12-14H2,1H3,(H,29,31)/t17-,18-,21-,23+,24+/m0/s1. The molecule has 1 N–H and O–H groups in total. The van der Waals surface area contributed by atoms with Crippen LogP contribution in [0, 0.1) is 30.6 Å². The number of amides is 3. The van der Waals surface area contributed by atoms with E-state index in [9.17, 15) is 19.2 Å². The van der Waals surface area contributed by atoms with Crippen molar-refractivity contribution >= 4 is 45.3 Å². The van der Waals surface area contributed by atoms with Gasteiger partial charge in [0.2, 0.25) is 11.8 Å². The Morgan fingerprint density at radius 1 is 1.06 bits per heavy atom. The number of nitrogens with one attached hydrogen (secondary N) is 1. The van der Waals surface area contributed by atoms with Crippen molar-refractivity contribution in [1.82, 2.24) is 4.90 Å². The molecule has 8 heteroatoms. The number of nitrogens with zero attached hydrogens (tertiary/aromatic N) is 1. The third-order valence-electron chi connectivity index (χ3n) is 7.15. The first-order valence-electron chi connectivity index (χ1n) is 11.7. The van der Waals surface area contributed by atoms with E-state index in [2.05, 4.69) is 21.2 Å². The zero-order valence-corrected chi connectivity index (χ0v) is 20.7. The van der Waals surface area contributed by atoms with Crippen molar-refractivity contribution in [2.75, 3.05) is 11.9 Å². The largest absolute Gasteiger partial charge is 0.454 e. The Morgan fingerprint density at radius 3 is 2.34 bits per heavy atom. The number of benzene rings is 2. The number of anilines is 1. The van der Waals surface area contributed by atoms with Gasteiger partial charge in [0.15, 0.2) is 6.61 Å². The van der Waals surface area contributed by atoms with Gasteiger partial charge in [0.25, 0.3) is 5.91 Å². The molecule has 7 nitrogen and oxygen atoms in total. The summed E-state index contributed by atoms with van der Waals surface area (Å²) >= 11 is 3.41. The summed E-state index contributed by atoms with van der Waals surface area (Å²) in [6.07, 6.45) is 4.97. The van der Waals surface area contributed by atoms with Crippen LogP contribution >= 0.6 is 15.9 Å². The van der Waals surface area contributed by atoms with E-state index in [-0.39, 0.29) is 30.1 Å². The van der Waals surface area contributed by atoms with Crippen LogP contribution in [0.5, 0.6) is 0 Å². The Balaban J connectivity index is 1.31. The van der Waals surface area contributed by atoms with Gasteiger partial charge in [-0.25, -0.2) is 4.79 Å². The highest BCUT2D eigenvalue weighted by Gasteiger charge is 2.61. The number of imide groups is 1. The maximum absolute atomic E-state index is 13.3. The van der Waals surface area contributed by atoms with Crippen LogP contribution in [0.3, 0.4) is 0 Å². The average molecular weight is 537 g/mol. The summed E-state index contributed by atoms with van der Waals surface area (Å²) in [5.41, 5.74) is 2.32. The predicted octanol–water partition coefficient (Wildman–Crippen LogP) is 3.66. The molecule has 180 valence electrons. The lowest BCUT2D eigenvalue weighted by molar-refractivity contribution is -0.160. The number of esters is 1. The molecule has 2 aromatic rings. The summed E-state index contributed by atoms with van der Waals surface area (Å²) in [4.78, 5) is 53.4. The summed E-state index contributed by atoms with van der Waals surface area (Å²) in [7, 11) is 0. The Bertz CT molecular complexity index is 1200. The Morgan fingerprint density at radius 2 is 1.71 bits per heavy atom. The van der Waals surface area contributed by atoms with Crippen LogP contribution in [0.2, 0.25) is 0 Å². The molecule has 2 aliphatic carbocycles. The number of fused-ring (bicyclic) bond motifs is 5. The number of hydrogen-bond donors (Lipinski definition) is 1. The lowest BCUT2D eigenvalue weighted by atomic mass is 9.85. The van der Waals surface area contributed by atoms with Gasteiger partial charge in [-0.3, -0.25) is 19.3 Å². The van der Waals surface area contributed by atoms with Crippen molar-refractivity contribution < 1.29 is 23.9 Å². The SMILES string of the molecule is Cc1cc(NC(=O)COC(=O)[C@H](Cc2ccccc2)N2C(=O)[C@H]3[C@H](C2=O)[C@H]2C=C[C@H]3C2)ccc1Br. The van der Waals surface area contributed by atoms with Crippen LogP contribution in [0.4, 0.5) is 5.69 Å². The number of carbonyl (C=O) groups is 4. The smallest absolute Gasteiger partial charge is 0.330 e. The molecule has 35 heavy (non-hydrogen) atoms. The van der Waals surface area contributed by atoms with E-state index in [1.807, 2.05) is 55.5 Å². The highest BCUT2D eigenvalue weighted by Crippen LogP contribution is 2.53. The number of aryl methyl sites for hydroxylation is 1. The number of hydrogen-bond acceptors (Lipinski definition) is 5. The molecular weight excluding hydrogens is 512 g/mol. The number of likely N-dealkylation sites (tertiary alicyclic amines) is 1. The zero-order chi connectivity index (χ0) is 24.7. The van der Waals surface area contributed by atoms with Crippen LogP contribution in [-0.2, 0) is 30.3 Å². The van der Waals surface area contributed by atoms with E-state index in [0.29, 0.717) is 5.69 Å². The van der Waals surface area contributed by atoms with Gasteiger partial charge < -0.3 is 10.1 Å². The zero-order valence-electron chi connectivity index (χ0n) is 19.1. The molecule has 1 saturated heterocycles. The highest BCUT2D eigenvalue weighted by atomic mass is 79.9. The fourth-order valence-electron chi connectivity index (χ4n) is 5.50. The molecule has 1 saturated carbocycles. The van der Waals surface area contributed by atoms with Gasteiger partial charge in [-0.1, -0.05) is 58.4 Å². The molecule has 2 fully saturated rings. The minimum Gasteiger partial charge on any atom is -0.454 e. The molecule has 0 unspecified atom stereocenters. The van der Waals surface area contributed by atoms with E-state index in [4.69, 9.17) is 4.74 Å². The molecular formula is C27H25BrN2O5. The Kier molecular flexibility index (Phi) is 6.32. The monoisotopic (exact) mass is 536 g/mol. The minimum atomic E-state index is -1.12. The number of carbonyl (C=O) groups excluding carboxylic acids is 4. The van der Waals surface area contributed by atoms with Crippen molar-refractivity contribution in [2.45, 2.75) is 25.8 Å². The highest BCUT2D eigenvalue weighted by molar-refractivity contribution is 9.10. The number of allylic oxidation sites excluding steroid dienone is 2. The van der Waals surface area contributed by atoms with Crippen molar-refractivity contribution in [2.24, 2.45) is 23.7 Å². The summed E-state index contributed by atoms with van der Waals surface area (Å²) in [5.74, 6) is -2.64. The third kappa shape index (κ3) is 4.43. The van der Waals surface area contributed by atoms with Gasteiger partial charge in [0, 0.05) is 16.6 Å². The number of ether oxygens (including phenoxy) is 1. The van der Waals surface area contributed by atoms with Crippen LogP contribution in [0.25, 0.3) is 0 Å². The van der Waals surface area contributed by atoms with E-state index >= 15 is 0 Å². The first-order chi connectivity index (χ1) is 16.8. The Labute approximate surface area is 211 Å². The van der Waals surface area contributed by atoms with Gasteiger partial charge >= 0.3 is 5.97 Å². The Hall–Kier alpha value is -3.26. The summed E-state index contributed by atoms with van der Waals surface area (Å²) in [5, 5.41) is 2.70. The fraction of sp³-hybridized carbons (Fsp3) is 0.333. The topological polar surface area (TPSA) is 92.8 Å². The second kappa shape index (κ2) is 9.41. The average Bonchev–Trinajstić information content (AvgIpc) is 3.53. The molecule has 2 bridgehead atoms.